The van der Waals surface area contributed by atoms with E-state index in [1.165, 1.54) is 0 Å². The largest absolute Gasteiger partial charge is 0.395 e. The molecule has 2 aromatic carbocycles. The van der Waals surface area contributed by atoms with Gasteiger partial charge in [0.05, 0.1) is 6.61 Å². The molecule has 1 unspecified atom stereocenters. The molecule has 0 aromatic heterocycles. The highest BCUT2D eigenvalue weighted by atomic mass is 16.3. The van der Waals surface area contributed by atoms with Crippen molar-refractivity contribution >= 4 is 17.4 Å². The number of carbonyl (C=O) groups excluding carboxylic acids is 1. The average Bonchev–Trinajstić information content (AvgIpc) is 2.50. The SMILES string of the molecule is NC(CO)Cc1ccc(NC(=O)Nc2ccccc2)cc1. The smallest absolute Gasteiger partial charge is 0.323 e. The van der Waals surface area contributed by atoms with E-state index in [4.69, 9.17) is 10.8 Å². The molecule has 2 amide bonds. The molecule has 0 radical (unpaired) electrons. The fourth-order valence-electron chi connectivity index (χ4n) is 1.91. The minimum Gasteiger partial charge on any atom is -0.395 e. The van der Waals surface area contributed by atoms with Gasteiger partial charge in [0.15, 0.2) is 0 Å². The van der Waals surface area contributed by atoms with Gasteiger partial charge in [0.1, 0.15) is 0 Å². The lowest BCUT2D eigenvalue weighted by atomic mass is 10.1. The monoisotopic (exact) mass is 285 g/mol. The Hall–Kier alpha value is -2.37. The fourth-order valence-corrected chi connectivity index (χ4v) is 1.91. The highest BCUT2D eigenvalue weighted by molar-refractivity contribution is 5.99. The summed E-state index contributed by atoms with van der Waals surface area (Å²) in [6.07, 6.45) is 0.604. The lowest BCUT2D eigenvalue weighted by Gasteiger charge is -2.10. The van der Waals surface area contributed by atoms with Crippen LogP contribution in [0.15, 0.2) is 54.6 Å². The van der Waals surface area contributed by atoms with E-state index >= 15 is 0 Å². The Bertz CT molecular complexity index is 570. The van der Waals surface area contributed by atoms with Gasteiger partial charge in [-0.15, -0.1) is 0 Å². The molecule has 0 heterocycles. The number of carbonyl (C=O) groups is 1. The maximum Gasteiger partial charge on any atom is 0.323 e. The van der Waals surface area contributed by atoms with Gasteiger partial charge in [-0.25, -0.2) is 4.79 Å². The van der Waals surface area contributed by atoms with E-state index in [2.05, 4.69) is 10.6 Å². The number of hydrogen-bond donors (Lipinski definition) is 4. The maximum absolute atomic E-state index is 11.8. The van der Waals surface area contributed by atoms with E-state index in [0.717, 1.165) is 11.3 Å². The third-order valence-electron chi connectivity index (χ3n) is 2.98. The number of hydrogen-bond acceptors (Lipinski definition) is 3. The molecular formula is C16H19N3O2. The number of anilines is 2. The Balaban J connectivity index is 1.89. The fraction of sp³-hybridized carbons (Fsp3) is 0.188. The number of aliphatic hydroxyl groups is 1. The molecule has 0 aliphatic carbocycles. The lowest BCUT2D eigenvalue weighted by molar-refractivity contribution is 0.262. The van der Waals surface area contributed by atoms with Gasteiger partial charge in [0.25, 0.3) is 0 Å². The first-order valence-corrected chi connectivity index (χ1v) is 6.76. The number of rotatable bonds is 5. The maximum atomic E-state index is 11.8. The molecule has 110 valence electrons. The molecule has 0 aliphatic rings. The number of nitrogens with one attached hydrogen (secondary N) is 2. The minimum atomic E-state index is -0.291. The van der Waals surface area contributed by atoms with Crippen LogP contribution >= 0.6 is 0 Å². The van der Waals surface area contributed by atoms with Crippen molar-refractivity contribution in [2.75, 3.05) is 17.2 Å². The molecule has 21 heavy (non-hydrogen) atoms. The molecule has 2 rings (SSSR count). The van der Waals surface area contributed by atoms with Gasteiger partial charge in [-0.3, -0.25) is 0 Å². The van der Waals surface area contributed by atoms with Gasteiger partial charge in [-0.2, -0.15) is 0 Å². The second-order valence-corrected chi connectivity index (χ2v) is 4.79. The zero-order valence-corrected chi connectivity index (χ0v) is 11.6. The third-order valence-corrected chi connectivity index (χ3v) is 2.98. The quantitative estimate of drug-likeness (QED) is 0.679. The van der Waals surface area contributed by atoms with Crippen LogP contribution in [0.5, 0.6) is 0 Å². The predicted molar refractivity (Wildman–Crippen MR) is 84.3 cm³/mol. The molecule has 5 nitrogen and oxygen atoms in total. The zero-order chi connectivity index (χ0) is 15.1. The number of aliphatic hydroxyl groups excluding tert-OH is 1. The zero-order valence-electron chi connectivity index (χ0n) is 11.6. The second kappa shape index (κ2) is 7.42. The number of benzene rings is 2. The number of amides is 2. The van der Waals surface area contributed by atoms with Crippen molar-refractivity contribution in [1.29, 1.82) is 0 Å². The Morgan fingerprint density at radius 3 is 2.14 bits per heavy atom. The minimum absolute atomic E-state index is 0.0422. The van der Waals surface area contributed by atoms with Gasteiger partial charge in [0.2, 0.25) is 0 Å². The van der Waals surface area contributed by atoms with Crippen molar-refractivity contribution in [1.82, 2.24) is 0 Å². The molecule has 0 saturated carbocycles. The normalized spacial score (nSPS) is 11.7. The van der Waals surface area contributed by atoms with Crippen LogP contribution < -0.4 is 16.4 Å². The number of para-hydroxylation sites is 1. The molecule has 2 aromatic rings. The predicted octanol–water partition coefficient (Wildman–Crippen LogP) is 2.19. The van der Waals surface area contributed by atoms with Crippen molar-refractivity contribution < 1.29 is 9.90 Å². The molecule has 1 atom stereocenters. The second-order valence-electron chi connectivity index (χ2n) is 4.79. The summed E-state index contributed by atoms with van der Waals surface area (Å²) in [6, 6.07) is 16.1. The Morgan fingerprint density at radius 1 is 1.00 bits per heavy atom. The summed E-state index contributed by atoms with van der Waals surface area (Å²) in [5, 5.41) is 14.4. The van der Waals surface area contributed by atoms with Gasteiger partial charge >= 0.3 is 6.03 Å². The molecular weight excluding hydrogens is 266 g/mol. The first-order valence-electron chi connectivity index (χ1n) is 6.76. The number of nitrogens with two attached hydrogens (primary N) is 1. The Kier molecular flexibility index (Phi) is 5.31. The van der Waals surface area contributed by atoms with Crippen molar-refractivity contribution in [3.63, 3.8) is 0 Å². The van der Waals surface area contributed by atoms with Crippen LogP contribution in [-0.4, -0.2) is 23.8 Å². The Labute approximate surface area is 123 Å². The topological polar surface area (TPSA) is 87.4 Å². The Morgan fingerprint density at radius 2 is 1.57 bits per heavy atom. The summed E-state index contributed by atoms with van der Waals surface area (Å²) in [5.41, 5.74) is 8.13. The van der Waals surface area contributed by atoms with Crippen LogP contribution in [-0.2, 0) is 6.42 Å². The summed E-state index contributed by atoms with van der Waals surface area (Å²) in [5.74, 6) is 0. The van der Waals surface area contributed by atoms with Crippen molar-refractivity contribution in [2.45, 2.75) is 12.5 Å². The van der Waals surface area contributed by atoms with E-state index in [-0.39, 0.29) is 18.7 Å². The summed E-state index contributed by atoms with van der Waals surface area (Å²) in [6.45, 7) is -0.0422. The van der Waals surface area contributed by atoms with Crippen molar-refractivity contribution in [2.24, 2.45) is 5.73 Å². The van der Waals surface area contributed by atoms with E-state index in [1.807, 2.05) is 54.6 Å². The highest BCUT2D eigenvalue weighted by Crippen LogP contribution is 2.12. The third kappa shape index (κ3) is 4.91. The highest BCUT2D eigenvalue weighted by Gasteiger charge is 2.04. The average molecular weight is 285 g/mol. The van der Waals surface area contributed by atoms with Gasteiger partial charge < -0.3 is 21.5 Å². The van der Waals surface area contributed by atoms with Crippen LogP contribution in [0.2, 0.25) is 0 Å². The molecule has 5 heteroatoms. The van der Waals surface area contributed by atoms with E-state index in [0.29, 0.717) is 12.1 Å². The van der Waals surface area contributed by atoms with Crippen molar-refractivity contribution in [3.8, 4) is 0 Å². The summed E-state index contributed by atoms with van der Waals surface area (Å²) in [7, 11) is 0. The van der Waals surface area contributed by atoms with Gasteiger partial charge in [-0.05, 0) is 36.2 Å². The first-order chi connectivity index (χ1) is 10.2. The standard InChI is InChI=1S/C16H19N3O2/c17-13(11-20)10-12-6-8-15(9-7-12)19-16(21)18-14-4-2-1-3-5-14/h1-9,13,20H,10-11,17H2,(H2,18,19,21). The van der Waals surface area contributed by atoms with E-state index < -0.39 is 0 Å². The van der Waals surface area contributed by atoms with Crippen LogP contribution in [0.3, 0.4) is 0 Å². The van der Waals surface area contributed by atoms with Crippen LogP contribution in [0.4, 0.5) is 16.2 Å². The summed E-state index contributed by atoms with van der Waals surface area (Å²) < 4.78 is 0. The molecule has 0 fully saturated rings. The van der Waals surface area contributed by atoms with E-state index in [9.17, 15) is 4.79 Å². The van der Waals surface area contributed by atoms with E-state index in [1.54, 1.807) is 0 Å². The van der Waals surface area contributed by atoms with Crippen LogP contribution in [0.25, 0.3) is 0 Å². The molecule has 0 spiro atoms. The molecule has 0 aliphatic heterocycles. The van der Waals surface area contributed by atoms with Crippen molar-refractivity contribution in [3.05, 3.63) is 60.2 Å². The van der Waals surface area contributed by atoms with Crippen LogP contribution in [0.1, 0.15) is 5.56 Å². The first kappa shape index (κ1) is 15.0. The number of urea groups is 1. The lowest BCUT2D eigenvalue weighted by Crippen LogP contribution is -2.26. The molecule has 0 saturated heterocycles. The summed E-state index contributed by atoms with van der Waals surface area (Å²) in [4.78, 5) is 11.8. The molecule has 0 bridgehead atoms. The van der Waals surface area contributed by atoms with Gasteiger partial charge in [-0.1, -0.05) is 30.3 Å². The summed E-state index contributed by atoms with van der Waals surface area (Å²) >= 11 is 0. The van der Waals surface area contributed by atoms with Gasteiger partial charge in [0, 0.05) is 17.4 Å². The molecule has 5 N–H and O–H groups in total. The van der Waals surface area contributed by atoms with Crippen LogP contribution in [0, 0.1) is 0 Å².